The van der Waals surface area contributed by atoms with Gasteiger partial charge in [0.1, 0.15) is 23.9 Å². The zero-order valence-corrected chi connectivity index (χ0v) is 33.6. The lowest BCUT2D eigenvalue weighted by Crippen LogP contribution is -2.51. The van der Waals surface area contributed by atoms with E-state index in [1.54, 1.807) is 48.5 Å². The van der Waals surface area contributed by atoms with Crippen LogP contribution in [0.2, 0.25) is 0 Å². The van der Waals surface area contributed by atoms with E-state index >= 15 is 0 Å². The van der Waals surface area contributed by atoms with Crippen molar-refractivity contribution in [1.29, 1.82) is 0 Å². The topological polar surface area (TPSA) is 192 Å². The van der Waals surface area contributed by atoms with Crippen LogP contribution in [0.3, 0.4) is 0 Å². The van der Waals surface area contributed by atoms with Crippen LogP contribution in [0.4, 0.5) is 15.4 Å². The van der Waals surface area contributed by atoms with Crippen LogP contribution in [0.5, 0.6) is 0 Å². The summed E-state index contributed by atoms with van der Waals surface area (Å²) in [5.74, 6) is 0.0593. The summed E-state index contributed by atoms with van der Waals surface area (Å²) >= 11 is 1.47. The van der Waals surface area contributed by atoms with Gasteiger partial charge < -0.3 is 40.2 Å². The number of anilines is 1. The van der Waals surface area contributed by atoms with Crippen molar-refractivity contribution in [3.8, 4) is 21.7 Å². The first-order chi connectivity index (χ1) is 28.0. The highest BCUT2D eigenvalue weighted by atomic mass is 32.1. The Hall–Kier alpha value is -6.23. The smallest absolute Gasteiger partial charge is 0.408 e. The molecule has 16 nitrogen and oxygen atoms in total. The molecule has 304 valence electrons. The van der Waals surface area contributed by atoms with E-state index in [0.717, 1.165) is 34.5 Å². The number of H-pyrrole nitrogens is 1. The molecule has 2 aromatic carbocycles. The van der Waals surface area contributed by atoms with E-state index in [1.165, 1.54) is 23.3 Å². The number of alkyl carbamates (subject to hydrolysis) is 2. The van der Waals surface area contributed by atoms with Gasteiger partial charge in [0.15, 0.2) is 10.8 Å². The summed E-state index contributed by atoms with van der Waals surface area (Å²) in [5.41, 5.74) is 3.34. The second-order valence-corrected chi connectivity index (χ2v) is 15.6. The molecule has 0 radical (unpaired) electrons. The van der Waals surface area contributed by atoms with Crippen LogP contribution in [-0.4, -0.2) is 98.0 Å². The maximum atomic E-state index is 13.8. The molecule has 0 saturated carbocycles. The number of hydrogen-bond acceptors (Lipinski definition) is 10. The third kappa shape index (κ3) is 8.54. The molecular formula is C41H47N9O7S. The summed E-state index contributed by atoms with van der Waals surface area (Å²) in [7, 11) is 1.28. The number of ether oxygens (including phenoxy) is 2. The Bertz CT molecular complexity index is 2240. The number of thiazole rings is 1. The van der Waals surface area contributed by atoms with Gasteiger partial charge in [0.2, 0.25) is 11.8 Å². The lowest BCUT2D eigenvalue weighted by Gasteiger charge is -2.30. The normalized spacial score (nSPS) is 17.6. The minimum absolute atomic E-state index is 0.121. The summed E-state index contributed by atoms with van der Waals surface area (Å²) in [5, 5.41) is 8.24. The van der Waals surface area contributed by atoms with E-state index in [9.17, 15) is 24.0 Å². The average molecular weight is 810 g/mol. The van der Waals surface area contributed by atoms with Crippen molar-refractivity contribution in [2.75, 3.05) is 32.1 Å². The van der Waals surface area contributed by atoms with E-state index in [4.69, 9.17) is 9.47 Å². The first-order valence-electron chi connectivity index (χ1n) is 19.4. The van der Waals surface area contributed by atoms with E-state index in [2.05, 4.69) is 30.9 Å². The molecule has 5 aromatic rings. The number of aromatic nitrogens is 4. The molecular weight excluding hydrogens is 763 g/mol. The Morgan fingerprint density at radius 1 is 0.897 bits per heavy atom. The predicted octanol–water partition coefficient (Wildman–Crippen LogP) is 5.91. The fourth-order valence-electron chi connectivity index (χ4n) is 7.55. The molecule has 7 rings (SSSR count). The Labute approximate surface area is 339 Å². The number of carbonyl (C=O) groups excluding carboxylic acids is 5. The molecule has 2 aliphatic rings. The molecule has 5 heterocycles. The van der Waals surface area contributed by atoms with Crippen molar-refractivity contribution >= 4 is 52.0 Å². The number of amides is 5. The van der Waals surface area contributed by atoms with Gasteiger partial charge in [0.05, 0.1) is 42.7 Å². The number of likely N-dealkylation sites (tertiary alicyclic amines) is 2. The predicted molar refractivity (Wildman–Crippen MR) is 217 cm³/mol. The quantitative estimate of drug-likeness (QED) is 0.119. The van der Waals surface area contributed by atoms with E-state index in [0.29, 0.717) is 48.1 Å². The molecule has 4 atom stereocenters. The Morgan fingerprint density at radius 3 is 2.33 bits per heavy atom. The SMILES string of the molecule is CCOC(=O)N[C@@H](C(=O)N1CCC[C@H]1C(=O)Nc1cn2cc(-c3ccc(-c4cnc([C@@H]5CCCN5C(=O)[C@@H](NC(=O)OC)C(C)C)[nH]4)cc3)sc2n1)c1ccccc1. The molecule has 4 N–H and O–H groups in total. The molecule has 17 heteroatoms. The largest absolute Gasteiger partial charge is 0.453 e. The van der Waals surface area contributed by atoms with Crippen LogP contribution in [0.1, 0.15) is 69.9 Å². The fourth-order valence-corrected chi connectivity index (χ4v) is 8.52. The standard InChI is InChI=1S/C41H47N9O7S/c1-5-57-41(55)47-34(27-11-7-6-8-12-27)38(53)50-20-10-14-30(50)36(51)44-32-23-48-22-31(58-39(48)45-32)26-17-15-25(16-18-26)28-21-42-35(43-28)29-13-9-19-49(29)37(52)33(24(2)3)46-40(54)56-4/h6-8,11-12,15-18,21-24,29-30,33-34H,5,9-10,13-14,19-20H2,1-4H3,(H,42,43)(H,44,51)(H,46,54)(H,47,55)/t29-,30-,33-,34+/m0/s1. The monoisotopic (exact) mass is 809 g/mol. The van der Waals surface area contributed by atoms with Crippen molar-refractivity contribution in [1.82, 2.24) is 39.8 Å². The van der Waals surface area contributed by atoms with Crippen molar-refractivity contribution in [2.45, 2.75) is 70.6 Å². The highest BCUT2D eigenvalue weighted by Gasteiger charge is 2.39. The fraction of sp³-hybridized carbons (Fsp3) is 0.390. The maximum absolute atomic E-state index is 13.8. The van der Waals surface area contributed by atoms with Crippen LogP contribution >= 0.6 is 11.3 Å². The van der Waals surface area contributed by atoms with Crippen LogP contribution in [0.15, 0.2) is 73.2 Å². The van der Waals surface area contributed by atoms with Gasteiger partial charge in [0, 0.05) is 19.3 Å². The highest BCUT2D eigenvalue weighted by Crippen LogP contribution is 2.35. The van der Waals surface area contributed by atoms with Crippen LogP contribution < -0.4 is 16.0 Å². The summed E-state index contributed by atoms with van der Waals surface area (Å²) in [4.78, 5) is 82.9. The molecule has 0 spiro atoms. The second kappa shape index (κ2) is 17.5. The molecule has 0 unspecified atom stereocenters. The van der Waals surface area contributed by atoms with Crippen LogP contribution in [0.25, 0.3) is 26.7 Å². The van der Waals surface area contributed by atoms with Crippen molar-refractivity contribution in [3.05, 3.63) is 84.6 Å². The van der Waals surface area contributed by atoms with Crippen molar-refractivity contribution < 1.29 is 33.4 Å². The van der Waals surface area contributed by atoms with Crippen molar-refractivity contribution in [3.63, 3.8) is 0 Å². The number of rotatable bonds is 12. The summed E-state index contributed by atoms with van der Waals surface area (Å²) in [6.45, 7) is 6.57. The van der Waals surface area contributed by atoms with Gasteiger partial charge in [-0.15, -0.1) is 0 Å². The summed E-state index contributed by atoms with van der Waals surface area (Å²) < 4.78 is 11.7. The van der Waals surface area contributed by atoms with Gasteiger partial charge in [-0.05, 0) is 55.2 Å². The lowest BCUT2D eigenvalue weighted by molar-refractivity contribution is -0.138. The molecule has 3 aromatic heterocycles. The van der Waals surface area contributed by atoms with Crippen LogP contribution in [-0.2, 0) is 23.9 Å². The molecule has 2 saturated heterocycles. The highest BCUT2D eigenvalue weighted by molar-refractivity contribution is 7.20. The van der Waals surface area contributed by atoms with Gasteiger partial charge in [-0.2, -0.15) is 0 Å². The van der Waals surface area contributed by atoms with Gasteiger partial charge in [-0.3, -0.25) is 18.8 Å². The molecule has 58 heavy (non-hydrogen) atoms. The first-order valence-corrected chi connectivity index (χ1v) is 20.2. The lowest BCUT2D eigenvalue weighted by atomic mass is 10.0. The number of imidazole rings is 2. The van der Waals surface area contributed by atoms with E-state index < -0.39 is 30.3 Å². The molecule has 0 aliphatic carbocycles. The number of fused-ring (bicyclic) bond motifs is 1. The zero-order valence-electron chi connectivity index (χ0n) is 32.8. The van der Waals surface area contributed by atoms with E-state index in [-0.39, 0.29) is 36.3 Å². The second-order valence-electron chi connectivity index (χ2n) is 14.6. The maximum Gasteiger partial charge on any atom is 0.408 e. The summed E-state index contributed by atoms with van der Waals surface area (Å²) in [6.07, 6.45) is 6.84. The molecule has 0 bridgehead atoms. The minimum Gasteiger partial charge on any atom is -0.453 e. The third-order valence-corrected chi connectivity index (χ3v) is 11.5. The number of carbonyl (C=O) groups is 5. The van der Waals surface area contributed by atoms with Gasteiger partial charge in [0.25, 0.3) is 5.91 Å². The molecule has 2 fully saturated rings. The Balaban J connectivity index is 0.992. The first kappa shape index (κ1) is 40.0. The van der Waals surface area contributed by atoms with Gasteiger partial charge in [-0.1, -0.05) is 79.8 Å². The van der Waals surface area contributed by atoms with Crippen molar-refractivity contribution in [2.24, 2.45) is 5.92 Å². The summed E-state index contributed by atoms with van der Waals surface area (Å²) in [6, 6.07) is 14.3. The Morgan fingerprint density at radius 2 is 1.62 bits per heavy atom. The number of aromatic amines is 1. The molecule has 5 amide bonds. The number of hydrogen-bond donors (Lipinski definition) is 4. The van der Waals surface area contributed by atoms with E-state index in [1.807, 2.05) is 54.8 Å². The van der Waals surface area contributed by atoms with Crippen LogP contribution in [0, 0.1) is 5.92 Å². The Kier molecular flexibility index (Phi) is 12.1. The average Bonchev–Trinajstić information content (AvgIpc) is 4.07. The third-order valence-electron chi connectivity index (χ3n) is 10.5. The number of benzene rings is 2. The minimum atomic E-state index is -1.00. The number of methoxy groups -OCH3 is 1. The molecule has 2 aliphatic heterocycles. The number of nitrogens with zero attached hydrogens (tertiary/aromatic N) is 5. The van der Waals surface area contributed by atoms with Gasteiger partial charge in [-0.25, -0.2) is 19.6 Å². The number of nitrogens with one attached hydrogen (secondary N) is 4. The van der Waals surface area contributed by atoms with Gasteiger partial charge >= 0.3 is 12.2 Å². The zero-order chi connectivity index (χ0) is 40.9.